The van der Waals surface area contributed by atoms with Crippen LogP contribution in [0.5, 0.6) is 11.5 Å². The molecule has 0 atom stereocenters. The van der Waals surface area contributed by atoms with Crippen LogP contribution >= 0.6 is 0 Å². The summed E-state index contributed by atoms with van der Waals surface area (Å²) in [7, 11) is 1.36. The molecule has 4 aromatic rings. The maximum Gasteiger partial charge on any atom is 0.194 e. The van der Waals surface area contributed by atoms with Gasteiger partial charge in [0.1, 0.15) is 17.2 Å². The number of hydrogen-bond acceptors (Lipinski definition) is 5. The summed E-state index contributed by atoms with van der Waals surface area (Å²) in [4.78, 5) is 4.70. The molecule has 144 valence electrons. The highest BCUT2D eigenvalue weighted by Gasteiger charge is 2.19. The Balaban J connectivity index is 1.95. The molecule has 0 saturated heterocycles. The molecule has 0 aliphatic carbocycles. The van der Waals surface area contributed by atoms with Crippen LogP contribution in [0.2, 0.25) is 0 Å². The number of halogens is 1. The van der Waals surface area contributed by atoms with Crippen molar-refractivity contribution in [3.05, 3.63) is 71.7 Å². The lowest BCUT2D eigenvalue weighted by Gasteiger charge is -2.11. The van der Waals surface area contributed by atoms with Gasteiger partial charge in [0, 0.05) is 17.4 Å². The first-order valence-electron chi connectivity index (χ1n) is 8.83. The smallest absolute Gasteiger partial charge is 0.194 e. The molecule has 0 unspecified atom stereocenters. The van der Waals surface area contributed by atoms with Crippen molar-refractivity contribution in [1.82, 2.24) is 9.38 Å². The second-order valence-electron chi connectivity index (χ2n) is 6.52. The quantitative estimate of drug-likeness (QED) is 0.526. The lowest BCUT2D eigenvalue weighted by atomic mass is 10.1. The third-order valence-corrected chi connectivity index (χ3v) is 4.62. The van der Waals surface area contributed by atoms with E-state index < -0.39 is 11.6 Å². The molecule has 0 saturated carbocycles. The third kappa shape index (κ3) is 3.21. The summed E-state index contributed by atoms with van der Waals surface area (Å²) >= 11 is 0. The molecule has 0 bridgehead atoms. The molecule has 0 aliphatic heterocycles. The zero-order valence-electron chi connectivity index (χ0n) is 15.8. The van der Waals surface area contributed by atoms with Crippen molar-refractivity contribution in [2.24, 2.45) is 0 Å². The van der Waals surface area contributed by atoms with Gasteiger partial charge in [0.15, 0.2) is 17.3 Å². The summed E-state index contributed by atoms with van der Waals surface area (Å²) in [5.41, 5.74) is 3.78. The minimum Gasteiger partial charge on any atom is -0.502 e. The third-order valence-electron chi connectivity index (χ3n) is 4.62. The highest BCUT2D eigenvalue weighted by Crippen LogP contribution is 2.38. The topological polar surface area (TPSA) is 82.6 Å². The van der Waals surface area contributed by atoms with E-state index in [0.29, 0.717) is 34.0 Å². The average molecular weight is 388 g/mol. The molecule has 29 heavy (non-hydrogen) atoms. The first kappa shape index (κ1) is 18.3. The Hall–Kier alpha value is -4.05. The van der Waals surface area contributed by atoms with Crippen LogP contribution in [0.1, 0.15) is 11.1 Å². The van der Waals surface area contributed by atoms with Crippen molar-refractivity contribution in [3.8, 4) is 28.8 Å². The number of aryl methyl sites for hydroxylation is 1. The van der Waals surface area contributed by atoms with Crippen LogP contribution in [0, 0.1) is 24.1 Å². The zero-order chi connectivity index (χ0) is 20.5. The Morgan fingerprint density at radius 2 is 2.03 bits per heavy atom. The first-order valence-corrected chi connectivity index (χ1v) is 8.83. The summed E-state index contributed by atoms with van der Waals surface area (Å²) in [5, 5.41) is 22.3. The van der Waals surface area contributed by atoms with Crippen molar-refractivity contribution >= 4 is 17.2 Å². The Labute approximate surface area is 166 Å². The number of phenols is 1. The summed E-state index contributed by atoms with van der Waals surface area (Å²) in [6.45, 7) is 1.93. The molecular weight excluding hydrogens is 371 g/mol. The molecule has 4 rings (SSSR count). The van der Waals surface area contributed by atoms with E-state index in [0.717, 1.165) is 5.56 Å². The predicted molar refractivity (Wildman–Crippen MR) is 108 cm³/mol. The number of anilines is 2. The standard InChI is InChI=1S/C22H17FN4O2/c1-13-5-4-8-27-21(13)26-19(15-10-17(23)20(28)18(11-15)29-2)22(27)25-16-7-3-6-14(9-16)12-24/h3-11,25,28H,1-2H3. The Bertz CT molecular complexity index is 1270. The number of ether oxygens (including phenoxy) is 1. The zero-order valence-corrected chi connectivity index (χ0v) is 15.8. The van der Waals surface area contributed by atoms with Gasteiger partial charge in [-0.2, -0.15) is 5.26 Å². The lowest BCUT2D eigenvalue weighted by molar-refractivity contribution is 0.357. The average Bonchev–Trinajstić information content (AvgIpc) is 3.10. The van der Waals surface area contributed by atoms with Gasteiger partial charge in [0.2, 0.25) is 0 Å². The van der Waals surface area contributed by atoms with Crippen molar-refractivity contribution in [2.45, 2.75) is 6.92 Å². The van der Waals surface area contributed by atoms with Gasteiger partial charge in [-0.15, -0.1) is 0 Å². The Morgan fingerprint density at radius 3 is 2.79 bits per heavy atom. The molecule has 0 fully saturated rings. The number of aromatic nitrogens is 2. The molecule has 0 radical (unpaired) electrons. The Kier molecular flexibility index (Phi) is 4.53. The number of nitriles is 1. The van der Waals surface area contributed by atoms with Gasteiger partial charge >= 0.3 is 0 Å². The number of nitrogens with zero attached hydrogens (tertiary/aromatic N) is 3. The van der Waals surface area contributed by atoms with Crippen molar-refractivity contribution in [3.63, 3.8) is 0 Å². The van der Waals surface area contributed by atoms with E-state index in [1.807, 2.05) is 35.7 Å². The van der Waals surface area contributed by atoms with E-state index in [1.165, 1.54) is 19.2 Å². The second kappa shape index (κ2) is 7.17. The van der Waals surface area contributed by atoms with E-state index in [-0.39, 0.29) is 5.75 Å². The number of pyridine rings is 1. The van der Waals surface area contributed by atoms with Crippen molar-refractivity contribution in [2.75, 3.05) is 12.4 Å². The fourth-order valence-corrected chi connectivity index (χ4v) is 3.19. The number of nitrogens with one attached hydrogen (secondary N) is 1. The van der Waals surface area contributed by atoms with E-state index in [2.05, 4.69) is 11.4 Å². The van der Waals surface area contributed by atoms with E-state index in [4.69, 9.17) is 15.0 Å². The number of phenolic OH excluding ortho intramolecular Hbond substituents is 1. The van der Waals surface area contributed by atoms with Crippen LogP contribution in [-0.4, -0.2) is 21.6 Å². The van der Waals surface area contributed by atoms with E-state index in [9.17, 15) is 9.50 Å². The number of rotatable bonds is 4. The molecule has 2 heterocycles. The molecule has 2 N–H and O–H groups in total. The highest BCUT2D eigenvalue weighted by atomic mass is 19.1. The maximum absolute atomic E-state index is 14.3. The van der Waals surface area contributed by atoms with E-state index >= 15 is 0 Å². The summed E-state index contributed by atoms with van der Waals surface area (Å²) in [6, 6.07) is 15.7. The highest BCUT2D eigenvalue weighted by molar-refractivity contribution is 5.81. The van der Waals surface area contributed by atoms with Gasteiger partial charge in [-0.1, -0.05) is 12.1 Å². The number of benzene rings is 2. The molecule has 7 heteroatoms. The van der Waals surface area contributed by atoms with E-state index in [1.54, 1.807) is 18.2 Å². The van der Waals surface area contributed by atoms with Crippen LogP contribution in [0.4, 0.5) is 15.9 Å². The van der Waals surface area contributed by atoms with Crippen LogP contribution in [0.3, 0.4) is 0 Å². The molecule has 0 amide bonds. The van der Waals surface area contributed by atoms with Gasteiger partial charge in [-0.3, -0.25) is 4.40 Å². The first-order chi connectivity index (χ1) is 14.0. The lowest BCUT2D eigenvalue weighted by Crippen LogP contribution is -1.98. The predicted octanol–water partition coefficient (Wildman–Crippen LogP) is 4.78. The fourth-order valence-electron chi connectivity index (χ4n) is 3.19. The van der Waals surface area contributed by atoms with Crippen LogP contribution in [0.15, 0.2) is 54.7 Å². The van der Waals surface area contributed by atoms with Gasteiger partial charge in [-0.05, 0) is 48.9 Å². The van der Waals surface area contributed by atoms with Gasteiger partial charge in [0.25, 0.3) is 0 Å². The molecule has 2 aromatic heterocycles. The molecule has 0 aliphatic rings. The summed E-state index contributed by atoms with van der Waals surface area (Å²) in [6.07, 6.45) is 1.85. The van der Waals surface area contributed by atoms with Gasteiger partial charge in [-0.25, -0.2) is 9.37 Å². The summed E-state index contributed by atoms with van der Waals surface area (Å²) < 4.78 is 21.2. The minimum atomic E-state index is -0.800. The van der Waals surface area contributed by atoms with Gasteiger partial charge in [0.05, 0.1) is 18.7 Å². The SMILES string of the molecule is COc1cc(-c2nc3c(C)cccn3c2Nc2cccc(C#N)c2)cc(F)c1O. The molecule has 2 aromatic carbocycles. The van der Waals surface area contributed by atoms with Crippen molar-refractivity contribution < 1.29 is 14.2 Å². The van der Waals surface area contributed by atoms with Gasteiger partial charge < -0.3 is 15.2 Å². The second-order valence-corrected chi connectivity index (χ2v) is 6.52. The molecule has 6 nitrogen and oxygen atoms in total. The van der Waals surface area contributed by atoms with Crippen LogP contribution < -0.4 is 10.1 Å². The number of hydrogen-bond donors (Lipinski definition) is 2. The van der Waals surface area contributed by atoms with Crippen LogP contribution in [-0.2, 0) is 0 Å². The fraction of sp³-hybridized carbons (Fsp3) is 0.0909. The molecular formula is C22H17FN4O2. The normalized spacial score (nSPS) is 10.7. The van der Waals surface area contributed by atoms with Crippen LogP contribution in [0.25, 0.3) is 16.9 Å². The number of fused-ring (bicyclic) bond motifs is 1. The number of imidazole rings is 1. The monoisotopic (exact) mass is 388 g/mol. The number of aromatic hydroxyl groups is 1. The van der Waals surface area contributed by atoms with Crippen molar-refractivity contribution in [1.29, 1.82) is 5.26 Å². The Morgan fingerprint density at radius 1 is 1.21 bits per heavy atom. The summed E-state index contributed by atoms with van der Waals surface area (Å²) in [5.74, 6) is -0.727. The maximum atomic E-state index is 14.3. The minimum absolute atomic E-state index is 0.0196. The largest absolute Gasteiger partial charge is 0.502 e. The number of methoxy groups -OCH3 is 1. The molecule has 0 spiro atoms.